The Morgan fingerprint density at radius 1 is 1.19 bits per heavy atom. The van der Waals surface area contributed by atoms with E-state index < -0.39 is 11.7 Å². The molecule has 2 aliphatic carbocycles. The minimum absolute atomic E-state index is 0.0916. The lowest BCUT2D eigenvalue weighted by molar-refractivity contribution is -0.137. The molecule has 2 heterocycles. The topological polar surface area (TPSA) is 50.8 Å². The van der Waals surface area contributed by atoms with Crippen LogP contribution in [0.15, 0.2) is 41.8 Å². The molecule has 31 heavy (non-hydrogen) atoms. The van der Waals surface area contributed by atoms with Crippen molar-refractivity contribution in [1.29, 1.82) is 0 Å². The van der Waals surface area contributed by atoms with E-state index in [1.165, 1.54) is 25.3 Å². The first-order valence-electron chi connectivity index (χ1n) is 10.6. The van der Waals surface area contributed by atoms with E-state index in [1.54, 1.807) is 0 Å². The van der Waals surface area contributed by atoms with Crippen LogP contribution in [0.4, 0.5) is 13.2 Å². The van der Waals surface area contributed by atoms with E-state index in [1.807, 2.05) is 19.1 Å². The van der Waals surface area contributed by atoms with E-state index in [0.717, 1.165) is 48.6 Å². The molecule has 4 rings (SSSR count). The van der Waals surface area contributed by atoms with Crippen molar-refractivity contribution in [3.8, 4) is 0 Å². The molecule has 0 saturated heterocycles. The highest BCUT2D eigenvalue weighted by Gasteiger charge is 2.30. The van der Waals surface area contributed by atoms with Gasteiger partial charge in [-0.15, -0.1) is 0 Å². The van der Waals surface area contributed by atoms with Gasteiger partial charge in [0, 0.05) is 18.0 Å². The van der Waals surface area contributed by atoms with E-state index in [-0.39, 0.29) is 12.5 Å². The highest BCUT2D eigenvalue weighted by atomic mass is 35.5. The molecule has 1 saturated carbocycles. The molecule has 0 bridgehead atoms. The molecule has 2 aromatic heterocycles. The number of aromatic amines is 1. The zero-order valence-corrected chi connectivity index (χ0v) is 18.1. The molecule has 1 fully saturated rings. The Bertz CT molecular complexity index is 973. The number of alkyl halides is 3. The fourth-order valence-electron chi connectivity index (χ4n) is 4.24. The van der Waals surface area contributed by atoms with Crippen molar-refractivity contribution in [3.63, 3.8) is 0 Å². The van der Waals surface area contributed by atoms with E-state index in [0.29, 0.717) is 22.5 Å². The summed E-state index contributed by atoms with van der Waals surface area (Å²) < 4.78 is 43.8. The summed E-state index contributed by atoms with van der Waals surface area (Å²) >= 11 is 6.46. The molecule has 166 valence electrons. The predicted octanol–water partition coefficient (Wildman–Crippen LogP) is 7.06. The van der Waals surface area contributed by atoms with Crippen LogP contribution in [-0.2, 0) is 17.5 Å². The fourth-order valence-corrected chi connectivity index (χ4v) is 4.52. The summed E-state index contributed by atoms with van der Waals surface area (Å²) in [5.41, 5.74) is 1.65. The number of imidazole rings is 1. The standard InChI is InChI=1S/C23H25ClF3N3O/c1-14-11-16(20-21(24)30-22(29-20)15-5-3-2-4-6-15)7-10-19(14)31-13-18-9-8-17(12-28-18)23(25,26)27/h7-10,12,15-16H,2-6,11,13H2,1H3,(H,29,30). The monoisotopic (exact) mass is 451 g/mol. The van der Waals surface area contributed by atoms with Crippen molar-refractivity contribution < 1.29 is 17.9 Å². The number of H-pyrrole nitrogens is 1. The summed E-state index contributed by atoms with van der Waals surface area (Å²) in [6.45, 7) is 2.09. The van der Waals surface area contributed by atoms with Gasteiger partial charge in [0.15, 0.2) is 5.15 Å². The zero-order valence-electron chi connectivity index (χ0n) is 17.3. The Balaban J connectivity index is 1.38. The van der Waals surface area contributed by atoms with E-state index in [9.17, 15) is 13.2 Å². The molecule has 4 nitrogen and oxygen atoms in total. The number of hydrogen-bond donors (Lipinski definition) is 1. The second-order valence-corrected chi connectivity index (χ2v) is 8.66. The van der Waals surface area contributed by atoms with Gasteiger partial charge in [0.2, 0.25) is 0 Å². The first-order valence-corrected chi connectivity index (χ1v) is 11.0. The van der Waals surface area contributed by atoms with E-state index in [2.05, 4.69) is 15.0 Å². The fraction of sp³-hybridized carbons (Fsp3) is 0.478. The highest BCUT2D eigenvalue weighted by Crippen LogP contribution is 2.37. The third-order valence-electron chi connectivity index (χ3n) is 6.02. The number of ether oxygens (including phenoxy) is 1. The van der Waals surface area contributed by atoms with Gasteiger partial charge in [-0.05, 0) is 50.0 Å². The van der Waals surface area contributed by atoms with Gasteiger partial charge < -0.3 is 9.72 Å². The van der Waals surface area contributed by atoms with Gasteiger partial charge in [0.1, 0.15) is 18.2 Å². The van der Waals surface area contributed by atoms with Gasteiger partial charge in [0.05, 0.1) is 17.0 Å². The Kier molecular flexibility index (Phi) is 6.42. The summed E-state index contributed by atoms with van der Waals surface area (Å²) in [6, 6.07) is 2.36. The molecule has 0 spiro atoms. The molecular formula is C23H25ClF3N3O. The summed E-state index contributed by atoms with van der Waals surface area (Å²) in [7, 11) is 0. The molecule has 2 aromatic rings. The zero-order chi connectivity index (χ0) is 22.0. The number of aromatic nitrogens is 3. The summed E-state index contributed by atoms with van der Waals surface area (Å²) in [5.74, 6) is 2.25. The van der Waals surface area contributed by atoms with E-state index in [4.69, 9.17) is 16.3 Å². The number of halogens is 4. The van der Waals surface area contributed by atoms with Gasteiger partial charge >= 0.3 is 6.18 Å². The molecule has 0 aromatic carbocycles. The maximum atomic E-state index is 12.7. The Labute approximate surface area is 184 Å². The van der Waals surface area contributed by atoms with Crippen LogP contribution in [0.3, 0.4) is 0 Å². The van der Waals surface area contributed by atoms with Crippen LogP contribution in [0.25, 0.3) is 0 Å². The van der Waals surface area contributed by atoms with Crippen molar-refractivity contribution in [2.75, 3.05) is 0 Å². The Hall–Kier alpha value is -2.28. The van der Waals surface area contributed by atoms with Crippen molar-refractivity contribution >= 4 is 11.6 Å². The van der Waals surface area contributed by atoms with Crippen LogP contribution < -0.4 is 0 Å². The molecule has 0 radical (unpaired) electrons. The number of hydrogen-bond acceptors (Lipinski definition) is 3. The minimum atomic E-state index is -4.39. The van der Waals surface area contributed by atoms with Gasteiger partial charge in [-0.3, -0.25) is 4.98 Å². The molecule has 0 amide bonds. The number of nitrogens with one attached hydrogen (secondary N) is 1. The Morgan fingerprint density at radius 2 is 1.97 bits per heavy atom. The average Bonchev–Trinajstić information content (AvgIpc) is 3.15. The summed E-state index contributed by atoms with van der Waals surface area (Å²) in [5, 5.41) is 0.529. The maximum absolute atomic E-state index is 12.7. The Morgan fingerprint density at radius 3 is 2.61 bits per heavy atom. The van der Waals surface area contributed by atoms with Gasteiger partial charge in [-0.2, -0.15) is 13.2 Å². The second kappa shape index (κ2) is 9.07. The SMILES string of the molecule is CC1=C(OCc2ccc(C(F)(F)F)cn2)C=CC(c2[nH]c(C3CCCCC3)nc2Cl)C1. The van der Waals surface area contributed by atoms with Gasteiger partial charge in [0.25, 0.3) is 0 Å². The van der Waals surface area contributed by atoms with Crippen LogP contribution in [0.2, 0.25) is 5.15 Å². The number of allylic oxidation sites excluding steroid dienone is 3. The third-order valence-corrected chi connectivity index (χ3v) is 6.31. The largest absolute Gasteiger partial charge is 0.487 e. The molecule has 2 aliphatic rings. The number of nitrogens with zero attached hydrogens (tertiary/aromatic N) is 2. The molecule has 1 unspecified atom stereocenters. The normalized spacial score (nSPS) is 20.4. The van der Waals surface area contributed by atoms with Crippen LogP contribution in [0.5, 0.6) is 0 Å². The van der Waals surface area contributed by atoms with Crippen molar-refractivity contribution in [2.24, 2.45) is 0 Å². The molecular weight excluding hydrogens is 427 g/mol. The summed E-state index contributed by atoms with van der Waals surface area (Å²) in [6.07, 6.45) is 7.16. The van der Waals surface area contributed by atoms with Crippen molar-refractivity contribution in [1.82, 2.24) is 15.0 Å². The van der Waals surface area contributed by atoms with Gasteiger partial charge in [-0.25, -0.2) is 4.98 Å². The lowest BCUT2D eigenvalue weighted by Crippen LogP contribution is -2.08. The van der Waals surface area contributed by atoms with Gasteiger partial charge in [-0.1, -0.05) is 36.9 Å². The van der Waals surface area contributed by atoms with Crippen LogP contribution in [0, 0.1) is 0 Å². The smallest absolute Gasteiger partial charge is 0.417 e. The second-order valence-electron chi connectivity index (χ2n) is 8.30. The highest BCUT2D eigenvalue weighted by molar-refractivity contribution is 6.30. The van der Waals surface area contributed by atoms with E-state index >= 15 is 0 Å². The van der Waals surface area contributed by atoms with Crippen molar-refractivity contribution in [3.05, 3.63) is 69.7 Å². The molecule has 8 heteroatoms. The first-order chi connectivity index (χ1) is 14.8. The quantitative estimate of drug-likeness (QED) is 0.529. The van der Waals surface area contributed by atoms with Crippen LogP contribution >= 0.6 is 11.6 Å². The lowest BCUT2D eigenvalue weighted by atomic mass is 9.89. The molecule has 1 atom stereocenters. The third kappa shape index (κ3) is 5.14. The first kappa shape index (κ1) is 21.9. The predicted molar refractivity (Wildman–Crippen MR) is 113 cm³/mol. The average molecular weight is 452 g/mol. The van der Waals surface area contributed by atoms with Crippen molar-refractivity contribution in [2.45, 2.75) is 70.1 Å². The number of rotatable bonds is 5. The maximum Gasteiger partial charge on any atom is 0.417 e. The van der Waals surface area contributed by atoms with Crippen LogP contribution in [0.1, 0.15) is 80.1 Å². The molecule has 1 N–H and O–H groups in total. The molecule has 0 aliphatic heterocycles. The summed E-state index contributed by atoms with van der Waals surface area (Å²) in [4.78, 5) is 11.9. The minimum Gasteiger partial charge on any atom is -0.487 e. The van der Waals surface area contributed by atoms with Crippen LogP contribution in [-0.4, -0.2) is 15.0 Å². The lowest BCUT2D eigenvalue weighted by Gasteiger charge is -2.21. The number of pyridine rings is 1.